The Labute approximate surface area is 159 Å². The van der Waals surface area contributed by atoms with Crippen molar-refractivity contribution in [1.29, 1.82) is 0 Å². The lowest BCUT2D eigenvalue weighted by atomic mass is 9.94. The molecule has 0 saturated carbocycles. The Balaban J connectivity index is 1.48. The summed E-state index contributed by atoms with van der Waals surface area (Å²) in [5.41, 5.74) is 2.47. The number of likely N-dealkylation sites (tertiary alicyclic amines) is 1. The van der Waals surface area contributed by atoms with Crippen LogP contribution in [0.5, 0.6) is 5.75 Å². The van der Waals surface area contributed by atoms with Gasteiger partial charge in [0.2, 0.25) is 0 Å². The monoisotopic (exact) mass is 365 g/mol. The highest BCUT2D eigenvalue weighted by molar-refractivity contribution is 5.86. The third kappa shape index (κ3) is 4.08. The normalized spacial score (nSPS) is 15.5. The highest BCUT2D eigenvalue weighted by Crippen LogP contribution is 2.27. The van der Waals surface area contributed by atoms with Gasteiger partial charge in [-0.3, -0.25) is 4.79 Å². The molecule has 5 nitrogen and oxygen atoms in total. The zero-order chi connectivity index (χ0) is 18.9. The first-order valence-electron chi connectivity index (χ1n) is 9.66. The maximum atomic E-state index is 12.0. The minimum absolute atomic E-state index is 0.0933. The number of benzene rings is 1. The molecule has 2 N–H and O–H groups in total. The number of hydrogen-bond donors (Lipinski definition) is 2. The van der Waals surface area contributed by atoms with E-state index >= 15 is 0 Å². The summed E-state index contributed by atoms with van der Waals surface area (Å²) >= 11 is 0. The van der Waals surface area contributed by atoms with Gasteiger partial charge in [-0.2, -0.15) is 0 Å². The lowest BCUT2D eigenvalue weighted by molar-refractivity contribution is 0.129. The number of aromatic nitrogens is 2. The van der Waals surface area contributed by atoms with Crippen LogP contribution < -0.4 is 10.3 Å². The number of fused-ring (bicyclic) bond motifs is 1. The number of aromatic amines is 2. The number of ether oxygens (including phenoxy) is 1. The molecule has 5 heteroatoms. The molecule has 3 heterocycles. The van der Waals surface area contributed by atoms with Gasteiger partial charge in [-0.1, -0.05) is 13.8 Å². The molecule has 0 spiro atoms. The topological polar surface area (TPSA) is 61.1 Å². The molecule has 0 atom stereocenters. The van der Waals surface area contributed by atoms with Gasteiger partial charge >= 0.3 is 0 Å². The Bertz CT molecular complexity index is 980. The molecule has 3 aromatic rings. The molecule has 27 heavy (non-hydrogen) atoms. The minimum atomic E-state index is -0.0933. The molecule has 4 rings (SSSR count). The molecule has 0 amide bonds. The van der Waals surface area contributed by atoms with Crippen LogP contribution in [0, 0.1) is 5.41 Å². The van der Waals surface area contributed by atoms with E-state index in [9.17, 15) is 4.79 Å². The van der Waals surface area contributed by atoms with Gasteiger partial charge in [0.05, 0.1) is 17.9 Å². The minimum Gasteiger partial charge on any atom is -0.493 e. The van der Waals surface area contributed by atoms with Crippen LogP contribution in [-0.4, -0.2) is 41.1 Å². The van der Waals surface area contributed by atoms with E-state index in [1.807, 2.05) is 36.4 Å². The van der Waals surface area contributed by atoms with E-state index < -0.39 is 0 Å². The van der Waals surface area contributed by atoms with E-state index in [-0.39, 0.29) is 11.0 Å². The lowest BCUT2D eigenvalue weighted by Crippen LogP contribution is -2.36. The van der Waals surface area contributed by atoms with Gasteiger partial charge in [0.1, 0.15) is 5.75 Å². The van der Waals surface area contributed by atoms with E-state index in [1.54, 1.807) is 6.20 Å². The number of pyridine rings is 1. The number of nitrogens with one attached hydrogen (secondary N) is 2. The van der Waals surface area contributed by atoms with Crippen LogP contribution in [0.4, 0.5) is 0 Å². The zero-order valence-electron chi connectivity index (χ0n) is 16.0. The smallest absolute Gasteiger partial charge is 0.257 e. The molecular formula is C22H27N3O2. The number of nitrogens with zero attached hydrogens (tertiary/aromatic N) is 1. The lowest BCUT2D eigenvalue weighted by Gasteiger charge is -2.29. The van der Waals surface area contributed by atoms with Crippen molar-refractivity contribution in [3.05, 3.63) is 52.9 Å². The van der Waals surface area contributed by atoms with Crippen LogP contribution in [-0.2, 0) is 0 Å². The molecule has 1 fully saturated rings. The van der Waals surface area contributed by atoms with Gasteiger partial charge in [0.25, 0.3) is 5.56 Å². The zero-order valence-corrected chi connectivity index (χ0v) is 16.0. The quantitative estimate of drug-likeness (QED) is 0.693. The summed E-state index contributed by atoms with van der Waals surface area (Å²) < 4.78 is 6.12. The van der Waals surface area contributed by atoms with Crippen LogP contribution in [0.2, 0.25) is 0 Å². The van der Waals surface area contributed by atoms with E-state index in [0.717, 1.165) is 28.9 Å². The summed E-state index contributed by atoms with van der Waals surface area (Å²) in [6.45, 7) is 8.70. The third-order valence-corrected chi connectivity index (χ3v) is 5.18. The average Bonchev–Trinajstić information content (AvgIpc) is 3.29. The second-order valence-corrected chi connectivity index (χ2v) is 8.28. The van der Waals surface area contributed by atoms with E-state index in [1.165, 1.54) is 25.9 Å². The summed E-state index contributed by atoms with van der Waals surface area (Å²) in [5, 5.41) is 1.04. The van der Waals surface area contributed by atoms with Crippen molar-refractivity contribution in [2.45, 2.75) is 26.7 Å². The van der Waals surface area contributed by atoms with Crippen molar-refractivity contribution in [2.75, 3.05) is 26.2 Å². The number of H-pyrrole nitrogens is 2. The standard InChI is InChI=1S/C22H27N3O2/c1-22(2,14-25-10-3-4-11-25)15-27-17-7-8-19-16(12-17)13-20(24-19)18-6-5-9-23-21(18)26/h5-9,12-13,24H,3-4,10-11,14-15H2,1-2H3,(H,23,26). The van der Waals surface area contributed by atoms with Gasteiger partial charge in [-0.05, 0) is 62.3 Å². The molecule has 1 aliphatic rings. The Kier molecular flexibility index (Phi) is 4.79. The summed E-state index contributed by atoms with van der Waals surface area (Å²) in [4.78, 5) is 20.6. The Morgan fingerprint density at radius 3 is 2.74 bits per heavy atom. The summed E-state index contributed by atoms with van der Waals surface area (Å²) in [5.74, 6) is 0.865. The van der Waals surface area contributed by atoms with Crippen LogP contribution in [0.25, 0.3) is 22.2 Å². The highest BCUT2D eigenvalue weighted by atomic mass is 16.5. The summed E-state index contributed by atoms with van der Waals surface area (Å²) in [7, 11) is 0. The van der Waals surface area contributed by atoms with E-state index in [4.69, 9.17) is 4.74 Å². The average molecular weight is 365 g/mol. The predicted octanol–water partition coefficient (Wildman–Crippen LogP) is 4.02. The molecule has 1 saturated heterocycles. The Morgan fingerprint density at radius 1 is 1.15 bits per heavy atom. The van der Waals surface area contributed by atoms with Crippen molar-refractivity contribution in [2.24, 2.45) is 5.41 Å². The fourth-order valence-corrected chi connectivity index (χ4v) is 3.85. The van der Waals surface area contributed by atoms with Crippen molar-refractivity contribution in [3.63, 3.8) is 0 Å². The summed E-state index contributed by atoms with van der Waals surface area (Å²) in [6.07, 6.45) is 4.27. The molecule has 0 aliphatic carbocycles. The molecule has 0 radical (unpaired) electrons. The van der Waals surface area contributed by atoms with Crippen molar-refractivity contribution in [3.8, 4) is 17.0 Å². The Morgan fingerprint density at radius 2 is 1.96 bits per heavy atom. The first kappa shape index (κ1) is 17.9. The van der Waals surface area contributed by atoms with Gasteiger partial charge in [-0.15, -0.1) is 0 Å². The third-order valence-electron chi connectivity index (χ3n) is 5.18. The molecule has 0 bridgehead atoms. The number of hydrogen-bond acceptors (Lipinski definition) is 3. The van der Waals surface area contributed by atoms with Gasteiger partial charge in [0, 0.05) is 29.1 Å². The second-order valence-electron chi connectivity index (χ2n) is 8.28. The fraction of sp³-hybridized carbons (Fsp3) is 0.409. The largest absolute Gasteiger partial charge is 0.493 e. The number of rotatable bonds is 6. The van der Waals surface area contributed by atoms with Gasteiger partial charge in [0.15, 0.2) is 0 Å². The first-order valence-corrected chi connectivity index (χ1v) is 9.66. The van der Waals surface area contributed by atoms with E-state index in [2.05, 4.69) is 28.7 Å². The molecule has 1 aliphatic heterocycles. The maximum Gasteiger partial charge on any atom is 0.257 e. The van der Waals surface area contributed by atoms with Gasteiger partial charge in [-0.25, -0.2) is 0 Å². The summed E-state index contributed by atoms with van der Waals surface area (Å²) in [6, 6.07) is 11.7. The van der Waals surface area contributed by atoms with Crippen LogP contribution in [0.3, 0.4) is 0 Å². The predicted molar refractivity (Wildman–Crippen MR) is 109 cm³/mol. The van der Waals surface area contributed by atoms with Crippen molar-refractivity contribution < 1.29 is 4.74 Å². The molecule has 142 valence electrons. The highest BCUT2D eigenvalue weighted by Gasteiger charge is 2.24. The fourth-order valence-electron chi connectivity index (χ4n) is 3.85. The van der Waals surface area contributed by atoms with Gasteiger partial charge < -0.3 is 19.6 Å². The maximum absolute atomic E-state index is 12.0. The second kappa shape index (κ2) is 7.24. The Hall–Kier alpha value is -2.53. The SMILES string of the molecule is CC(C)(COc1ccc2[nH]c(-c3ccc[nH]c3=O)cc2c1)CN1CCCC1. The van der Waals surface area contributed by atoms with Crippen LogP contribution >= 0.6 is 0 Å². The van der Waals surface area contributed by atoms with Crippen LogP contribution in [0.1, 0.15) is 26.7 Å². The van der Waals surface area contributed by atoms with Crippen LogP contribution in [0.15, 0.2) is 47.4 Å². The first-order chi connectivity index (χ1) is 13.0. The van der Waals surface area contributed by atoms with Crippen molar-refractivity contribution in [1.82, 2.24) is 14.9 Å². The molecule has 0 unspecified atom stereocenters. The van der Waals surface area contributed by atoms with E-state index in [0.29, 0.717) is 12.2 Å². The van der Waals surface area contributed by atoms with Crippen molar-refractivity contribution >= 4 is 10.9 Å². The molecular weight excluding hydrogens is 338 g/mol. The molecule has 2 aromatic heterocycles. The molecule has 1 aromatic carbocycles.